The molecule has 0 fully saturated rings. The SMILES string of the molecule is O=C(CS)Oc1nccs1. The van der Waals surface area contributed by atoms with Crippen LogP contribution in [0.15, 0.2) is 11.6 Å². The van der Waals surface area contributed by atoms with Crippen molar-refractivity contribution >= 4 is 29.9 Å². The number of ether oxygens (including phenoxy) is 1. The van der Waals surface area contributed by atoms with Crippen LogP contribution in [0.3, 0.4) is 0 Å². The molecule has 0 amide bonds. The van der Waals surface area contributed by atoms with Crippen LogP contribution in [-0.4, -0.2) is 16.7 Å². The number of thiol groups is 1. The van der Waals surface area contributed by atoms with Crippen LogP contribution in [0.5, 0.6) is 5.19 Å². The number of carbonyl (C=O) groups excluding carboxylic acids is 1. The van der Waals surface area contributed by atoms with Gasteiger partial charge < -0.3 is 4.74 Å². The standard InChI is InChI=1S/C5H5NO2S2/c7-4(3-9)8-5-6-1-2-10-5/h1-2,9H,3H2. The van der Waals surface area contributed by atoms with Gasteiger partial charge in [-0.15, -0.1) is 0 Å². The van der Waals surface area contributed by atoms with Crippen LogP contribution >= 0.6 is 24.0 Å². The maximum atomic E-state index is 10.5. The minimum absolute atomic E-state index is 0.0829. The first-order valence-electron chi connectivity index (χ1n) is 2.54. The third-order valence-electron chi connectivity index (χ3n) is 0.740. The molecule has 0 bridgehead atoms. The lowest BCUT2D eigenvalue weighted by atomic mass is 10.8. The van der Waals surface area contributed by atoms with Gasteiger partial charge in [0.05, 0.1) is 5.75 Å². The summed E-state index contributed by atoms with van der Waals surface area (Å²) in [5.41, 5.74) is 0. The van der Waals surface area contributed by atoms with Crippen LogP contribution in [0.25, 0.3) is 0 Å². The van der Waals surface area contributed by atoms with Crippen molar-refractivity contribution in [1.82, 2.24) is 4.98 Å². The Morgan fingerprint density at radius 1 is 1.90 bits per heavy atom. The third kappa shape index (κ3) is 2.00. The van der Waals surface area contributed by atoms with Crippen molar-refractivity contribution < 1.29 is 9.53 Å². The molecule has 0 aliphatic heterocycles. The molecule has 1 heterocycles. The topological polar surface area (TPSA) is 39.2 Å². The van der Waals surface area contributed by atoms with E-state index in [0.29, 0.717) is 5.19 Å². The average molecular weight is 175 g/mol. The summed E-state index contributed by atoms with van der Waals surface area (Å²) >= 11 is 5.01. The highest BCUT2D eigenvalue weighted by Crippen LogP contribution is 2.13. The van der Waals surface area contributed by atoms with Gasteiger partial charge in [0.25, 0.3) is 5.19 Å². The number of hydrogen-bond donors (Lipinski definition) is 1. The van der Waals surface area contributed by atoms with Crippen molar-refractivity contribution in [1.29, 1.82) is 0 Å². The highest BCUT2D eigenvalue weighted by molar-refractivity contribution is 7.81. The molecule has 1 rings (SSSR count). The molecule has 0 atom stereocenters. The van der Waals surface area contributed by atoms with E-state index in [-0.39, 0.29) is 11.7 Å². The van der Waals surface area contributed by atoms with Crippen LogP contribution in [0.2, 0.25) is 0 Å². The summed E-state index contributed by atoms with van der Waals surface area (Å²) in [5.74, 6) is -0.294. The molecule has 0 saturated heterocycles. The molecule has 0 aromatic carbocycles. The smallest absolute Gasteiger partial charge is 0.322 e. The van der Waals surface area contributed by atoms with Crippen molar-refractivity contribution in [3.05, 3.63) is 11.6 Å². The maximum Gasteiger partial charge on any atom is 0.322 e. The summed E-state index contributed by atoms with van der Waals surface area (Å²) in [7, 11) is 0. The Morgan fingerprint density at radius 3 is 3.20 bits per heavy atom. The lowest BCUT2D eigenvalue weighted by Gasteiger charge is -1.93. The van der Waals surface area contributed by atoms with Gasteiger partial charge in [0.15, 0.2) is 0 Å². The summed E-state index contributed by atoms with van der Waals surface area (Å²) < 4.78 is 4.70. The molecule has 3 nitrogen and oxygen atoms in total. The quantitative estimate of drug-likeness (QED) is 0.538. The molecule has 0 saturated carbocycles. The van der Waals surface area contributed by atoms with Crippen molar-refractivity contribution in [2.75, 3.05) is 5.75 Å². The molecule has 10 heavy (non-hydrogen) atoms. The number of thiazole rings is 1. The molecule has 1 aromatic rings. The zero-order valence-electron chi connectivity index (χ0n) is 4.98. The van der Waals surface area contributed by atoms with E-state index in [1.807, 2.05) is 0 Å². The predicted molar refractivity (Wildman–Crippen MR) is 41.6 cm³/mol. The zero-order valence-corrected chi connectivity index (χ0v) is 6.69. The van der Waals surface area contributed by atoms with Gasteiger partial charge in [-0.2, -0.15) is 12.6 Å². The predicted octanol–water partition coefficient (Wildman–Crippen LogP) is 0.978. The van der Waals surface area contributed by atoms with E-state index in [1.54, 1.807) is 11.6 Å². The van der Waals surface area contributed by atoms with E-state index in [2.05, 4.69) is 17.6 Å². The molecule has 1 aromatic heterocycles. The second-order valence-corrected chi connectivity index (χ2v) is 2.60. The highest BCUT2D eigenvalue weighted by atomic mass is 32.1. The second kappa shape index (κ2) is 3.58. The number of hydrogen-bond acceptors (Lipinski definition) is 5. The molecule has 0 N–H and O–H groups in total. The number of nitrogens with zero attached hydrogens (tertiary/aromatic N) is 1. The van der Waals surface area contributed by atoms with Crippen LogP contribution in [-0.2, 0) is 4.79 Å². The number of rotatable bonds is 2. The molecule has 0 radical (unpaired) electrons. The minimum atomic E-state index is -0.377. The monoisotopic (exact) mass is 175 g/mol. The fourth-order valence-corrected chi connectivity index (χ4v) is 0.956. The lowest BCUT2D eigenvalue weighted by molar-refractivity contribution is -0.131. The lowest BCUT2D eigenvalue weighted by Crippen LogP contribution is -2.08. The van der Waals surface area contributed by atoms with Gasteiger partial charge in [0, 0.05) is 11.6 Å². The Hall–Kier alpha value is -0.550. The number of aromatic nitrogens is 1. The second-order valence-electron chi connectivity index (χ2n) is 1.43. The highest BCUT2D eigenvalue weighted by Gasteiger charge is 2.01. The Kier molecular flexibility index (Phi) is 2.70. The molecule has 5 heteroatoms. The fourth-order valence-electron chi connectivity index (χ4n) is 0.390. The van der Waals surface area contributed by atoms with Gasteiger partial charge >= 0.3 is 5.97 Å². The summed E-state index contributed by atoms with van der Waals surface area (Å²) in [5, 5.41) is 2.11. The van der Waals surface area contributed by atoms with E-state index in [0.717, 1.165) is 0 Å². The van der Waals surface area contributed by atoms with Crippen LogP contribution < -0.4 is 4.74 Å². The van der Waals surface area contributed by atoms with E-state index >= 15 is 0 Å². The van der Waals surface area contributed by atoms with Gasteiger partial charge in [-0.1, -0.05) is 11.3 Å². The first-order chi connectivity index (χ1) is 4.83. The molecule has 54 valence electrons. The average Bonchev–Trinajstić information content (AvgIpc) is 2.40. The Morgan fingerprint density at radius 2 is 2.70 bits per heavy atom. The largest absolute Gasteiger partial charge is 0.397 e. The molecular weight excluding hydrogens is 170 g/mol. The van der Waals surface area contributed by atoms with Crippen LogP contribution in [0.4, 0.5) is 0 Å². The molecule has 0 aliphatic rings. The Labute approximate surface area is 67.5 Å². The number of esters is 1. The van der Waals surface area contributed by atoms with E-state index in [1.165, 1.54) is 11.3 Å². The Bertz CT molecular complexity index is 209. The van der Waals surface area contributed by atoms with Crippen molar-refractivity contribution in [3.8, 4) is 5.19 Å². The summed E-state index contributed by atoms with van der Waals surface area (Å²) in [6.45, 7) is 0. The maximum absolute atomic E-state index is 10.5. The van der Waals surface area contributed by atoms with Gasteiger partial charge in [-0.25, -0.2) is 4.98 Å². The minimum Gasteiger partial charge on any atom is -0.397 e. The summed E-state index contributed by atoms with van der Waals surface area (Å²) in [6.07, 6.45) is 1.58. The third-order valence-corrected chi connectivity index (χ3v) is 1.65. The molecular formula is C5H5NO2S2. The molecule has 0 aliphatic carbocycles. The molecule has 0 spiro atoms. The normalized spacial score (nSPS) is 9.30. The van der Waals surface area contributed by atoms with Crippen molar-refractivity contribution in [2.24, 2.45) is 0 Å². The summed E-state index contributed by atoms with van der Waals surface area (Å²) in [6, 6.07) is 0. The van der Waals surface area contributed by atoms with Gasteiger partial charge in [0.2, 0.25) is 0 Å². The first kappa shape index (κ1) is 7.56. The van der Waals surface area contributed by atoms with Crippen molar-refractivity contribution in [3.63, 3.8) is 0 Å². The van der Waals surface area contributed by atoms with Crippen molar-refractivity contribution in [2.45, 2.75) is 0 Å². The van der Waals surface area contributed by atoms with Gasteiger partial charge in [-0.05, 0) is 0 Å². The van der Waals surface area contributed by atoms with E-state index in [4.69, 9.17) is 4.74 Å². The van der Waals surface area contributed by atoms with Gasteiger partial charge in [0.1, 0.15) is 0 Å². The first-order valence-corrected chi connectivity index (χ1v) is 4.05. The van der Waals surface area contributed by atoms with E-state index < -0.39 is 0 Å². The van der Waals surface area contributed by atoms with Crippen LogP contribution in [0, 0.1) is 0 Å². The van der Waals surface area contributed by atoms with Gasteiger partial charge in [-0.3, -0.25) is 4.79 Å². The number of carbonyl (C=O) groups is 1. The zero-order chi connectivity index (χ0) is 7.40. The molecule has 0 unspecified atom stereocenters. The van der Waals surface area contributed by atoms with Crippen LogP contribution in [0.1, 0.15) is 0 Å². The summed E-state index contributed by atoms with van der Waals surface area (Å²) in [4.78, 5) is 14.3. The Balaban J connectivity index is 2.48. The fraction of sp³-hybridized carbons (Fsp3) is 0.200. The van der Waals surface area contributed by atoms with E-state index in [9.17, 15) is 4.79 Å².